The second kappa shape index (κ2) is 4.54. The fourth-order valence-electron chi connectivity index (χ4n) is 1.98. The number of para-hydroxylation sites is 1. The van der Waals surface area contributed by atoms with Crippen LogP contribution in [0.5, 0.6) is 5.75 Å². The van der Waals surface area contributed by atoms with Crippen molar-refractivity contribution in [1.82, 2.24) is 5.32 Å². The predicted octanol–water partition coefficient (Wildman–Crippen LogP) is 2.02. The molecule has 84 valence electrons. The van der Waals surface area contributed by atoms with Crippen molar-refractivity contribution in [1.29, 1.82) is 5.26 Å². The minimum absolute atomic E-state index is 0.425. The predicted molar refractivity (Wildman–Crippen MR) is 62.3 cm³/mol. The van der Waals surface area contributed by atoms with Crippen molar-refractivity contribution in [2.24, 2.45) is 0 Å². The van der Waals surface area contributed by atoms with Crippen LogP contribution in [0.2, 0.25) is 0 Å². The molecule has 0 aromatic heterocycles. The Balaban J connectivity index is 2.02. The molecule has 1 N–H and O–H groups in total. The molecule has 0 saturated carbocycles. The van der Waals surface area contributed by atoms with Crippen LogP contribution in [0.15, 0.2) is 24.3 Å². The Morgan fingerprint density at radius 2 is 2.31 bits per heavy atom. The molecule has 0 bridgehead atoms. The van der Waals surface area contributed by atoms with Crippen LogP contribution in [-0.4, -0.2) is 18.7 Å². The van der Waals surface area contributed by atoms with E-state index in [-0.39, 0.29) is 0 Å². The summed E-state index contributed by atoms with van der Waals surface area (Å²) in [5.74, 6) is 0.867. The lowest BCUT2D eigenvalue weighted by molar-refractivity contribution is 0.237. The maximum Gasteiger partial charge on any atom is 0.141 e. The first kappa shape index (κ1) is 11.0. The second-order valence-corrected chi connectivity index (χ2v) is 4.28. The molecule has 1 fully saturated rings. The molecule has 1 aromatic rings. The summed E-state index contributed by atoms with van der Waals surface area (Å²) in [7, 11) is 0. The van der Waals surface area contributed by atoms with Crippen LogP contribution < -0.4 is 10.1 Å². The maximum absolute atomic E-state index is 9.17. The Kier molecular flexibility index (Phi) is 3.12. The minimum Gasteiger partial charge on any atom is -0.490 e. The van der Waals surface area contributed by atoms with E-state index in [0.717, 1.165) is 30.7 Å². The van der Waals surface area contributed by atoms with Gasteiger partial charge in [0.05, 0.1) is 6.07 Å². The number of hydrogen-bond donors (Lipinski definition) is 1. The molecular weight excluding hydrogens is 200 g/mol. The number of aryl methyl sites for hydroxylation is 1. The minimum atomic E-state index is -0.484. The summed E-state index contributed by atoms with van der Waals surface area (Å²) < 4.78 is 5.73. The Labute approximate surface area is 96.0 Å². The third kappa shape index (κ3) is 2.17. The number of ether oxygens (including phenoxy) is 1. The molecule has 3 nitrogen and oxygen atoms in total. The van der Waals surface area contributed by atoms with E-state index < -0.39 is 5.54 Å². The zero-order chi connectivity index (χ0) is 11.4. The van der Waals surface area contributed by atoms with Crippen molar-refractivity contribution in [2.75, 3.05) is 13.2 Å². The number of nitrogens with zero attached hydrogens (tertiary/aromatic N) is 1. The summed E-state index contributed by atoms with van der Waals surface area (Å²) in [6.07, 6.45) is 1.92. The zero-order valence-electron chi connectivity index (χ0n) is 9.49. The second-order valence-electron chi connectivity index (χ2n) is 4.28. The average Bonchev–Trinajstić information content (AvgIpc) is 2.78. The van der Waals surface area contributed by atoms with Crippen molar-refractivity contribution in [3.8, 4) is 11.8 Å². The topological polar surface area (TPSA) is 45.0 Å². The maximum atomic E-state index is 9.17. The summed E-state index contributed by atoms with van der Waals surface area (Å²) in [4.78, 5) is 0. The highest BCUT2D eigenvalue weighted by atomic mass is 16.5. The van der Waals surface area contributed by atoms with Gasteiger partial charge in [-0.3, -0.25) is 5.32 Å². The highest BCUT2D eigenvalue weighted by molar-refractivity contribution is 5.32. The summed E-state index contributed by atoms with van der Waals surface area (Å²) in [6, 6.07) is 10.2. The third-order valence-electron chi connectivity index (χ3n) is 3.03. The first-order valence-corrected chi connectivity index (χ1v) is 5.60. The molecule has 16 heavy (non-hydrogen) atoms. The van der Waals surface area contributed by atoms with E-state index in [9.17, 15) is 5.26 Å². The largest absolute Gasteiger partial charge is 0.490 e. The van der Waals surface area contributed by atoms with Crippen LogP contribution in [0.3, 0.4) is 0 Å². The van der Waals surface area contributed by atoms with Crippen LogP contribution in [0.25, 0.3) is 0 Å². The zero-order valence-corrected chi connectivity index (χ0v) is 9.49. The van der Waals surface area contributed by atoms with Crippen molar-refractivity contribution in [3.05, 3.63) is 29.8 Å². The number of benzene rings is 1. The van der Waals surface area contributed by atoms with Gasteiger partial charge >= 0.3 is 0 Å². The normalized spacial score (nSPS) is 24.0. The van der Waals surface area contributed by atoms with E-state index in [1.807, 2.05) is 31.2 Å². The Bertz CT molecular complexity index is 403. The van der Waals surface area contributed by atoms with Gasteiger partial charge in [0.1, 0.15) is 17.9 Å². The molecule has 0 aliphatic carbocycles. The van der Waals surface area contributed by atoms with Gasteiger partial charge in [0.2, 0.25) is 0 Å². The Hall–Kier alpha value is -1.53. The lowest BCUT2D eigenvalue weighted by Crippen LogP contribution is -2.43. The van der Waals surface area contributed by atoms with Crippen molar-refractivity contribution in [2.45, 2.75) is 25.3 Å². The van der Waals surface area contributed by atoms with Gasteiger partial charge in [0.25, 0.3) is 0 Å². The van der Waals surface area contributed by atoms with Gasteiger partial charge in [0, 0.05) is 0 Å². The van der Waals surface area contributed by atoms with Gasteiger partial charge < -0.3 is 4.74 Å². The van der Waals surface area contributed by atoms with Crippen molar-refractivity contribution in [3.63, 3.8) is 0 Å². The molecule has 1 unspecified atom stereocenters. The summed E-state index contributed by atoms with van der Waals surface area (Å²) >= 11 is 0. The highest BCUT2D eigenvalue weighted by Gasteiger charge is 2.34. The van der Waals surface area contributed by atoms with Crippen LogP contribution in [0.1, 0.15) is 18.4 Å². The van der Waals surface area contributed by atoms with E-state index in [4.69, 9.17) is 4.74 Å². The summed E-state index contributed by atoms with van der Waals surface area (Å²) in [5.41, 5.74) is 0.621. The van der Waals surface area contributed by atoms with Crippen LogP contribution in [0, 0.1) is 18.3 Å². The fourth-order valence-corrected chi connectivity index (χ4v) is 1.98. The van der Waals surface area contributed by atoms with Crippen LogP contribution in [-0.2, 0) is 0 Å². The molecule has 0 radical (unpaired) electrons. The van der Waals surface area contributed by atoms with Gasteiger partial charge in [0.15, 0.2) is 0 Å². The lowest BCUT2D eigenvalue weighted by Gasteiger charge is -2.21. The van der Waals surface area contributed by atoms with Gasteiger partial charge in [-0.25, -0.2) is 0 Å². The molecular formula is C13H16N2O. The molecule has 1 aliphatic rings. The first-order valence-electron chi connectivity index (χ1n) is 5.60. The Morgan fingerprint density at radius 3 is 2.94 bits per heavy atom. The van der Waals surface area contributed by atoms with E-state index in [1.54, 1.807) is 0 Å². The molecule has 1 saturated heterocycles. The van der Waals surface area contributed by atoms with E-state index >= 15 is 0 Å². The standard InChI is InChI=1S/C13H16N2O/c1-11-5-2-3-6-12(11)16-10-13(9-14)7-4-8-15-13/h2-3,5-6,15H,4,7-8,10H2,1H3. The molecule has 0 spiro atoms. The lowest BCUT2D eigenvalue weighted by atomic mass is 10.0. The molecule has 1 heterocycles. The average molecular weight is 216 g/mol. The fraction of sp³-hybridized carbons (Fsp3) is 0.462. The van der Waals surface area contributed by atoms with Crippen molar-refractivity contribution < 1.29 is 4.74 Å². The monoisotopic (exact) mass is 216 g/mol. The molecule has 3 heteroatoms. The van der Waals surface area contributed by atoms with E-state index in [2.05, 4.69) is 11.4 Å². The molecule has 2 rings (SSSR count). The van der Waals surface area contributed by atoms with Gasteiger partial charge in [-0.15, -0.1) is 0 Å². The van der Waals surface area contributed by atoms with Crippen LogP contribution >= 0.6 is 0 Å². The quantitative estimate of drug-likeness (QED) is 0.840. The van der Waals surface area contributed by atoms with Crippen LogP contribution in [0.4, 0.5) is 0 Å². The van der Waals surface area contributed by atoms with E-state index in [1.165, 1.54) is 0 Å². The number of hydrogen-bond acceptors (Lipinski definition) is 3. The number of rotatable bonds is 3. The van der Waals surface area contributed by atoms with Gasteiger partial charge in [-0.05, 0) is 37.9 Å². The molecule has 1 aliphatic heterocycles. The summed E-state index contributed by atoms with van der Waals surface area (Å²) in [6.45, 7) is 3.34. The van der Waals surface area contributed by atoms with E-state index in [0.29, 0.717) is 6.61 Å². The van der Waals surface area contributed by atoms with Gasteiger partial charge in [-0.1, -0.05) is 18.2 Å². The SMILES string of the molecule is Cc1ccccc1OCC1(C#N)CCCN1. The number of nitriles is 1. The molecule has 1 aromatic carbocycles. The number of nitrogens with one attached hydrogen (secondary N) is 1. The first-order chi connectivity index (χ1) is 7.76. The van der Waals surface area contributed by atoms with Crippen molar-refractivity contribution >= 4 is 0 Å². The third-order valence-corrected chi connectivity index (χ3v) is 3.03. The molecule has 0 amide bonds. The highest BCUT2D eigenvalue weighted by Crippen LogP contribution is 2.22. The summed E-state index contributed by atoms with van der Waals surface area (Å²) in [5, 5.41) is 12.4. The Morgan fingerprint density at radius 1 is 1.50 bits per heavy atom. The molecule has 1 atom stereocenters. The van der Waals surface area contributed by atoms with Gasteiger partial charge in [-0.2, -0.15) is 5.26 Å². The smallest absolute Gasteiger partial charge is 0.141 e.